The van der Waals surface area contributed by atoms with Gasteiger partial charge in [-0.1, -0.05) is 34.8 Å². The minimum absolute atomic E-state index is 0.281. The second-order valence-electron chi connectivity index (χ2n) is 5.75. The molecule has 2 aromatic rings. The van der Waals surface area contributed by atoms with Gasteiger partial charge in [-0.3, -0.25) is 0 Å². The van der Waals surface area contributed by atoms with Gasteiger partial charge in [0.1, 0.15) is 0 Å². The highest BCUT2D eigenvalue weighted by molar-refractivity contribution is 6.68. The molecule has 3 rings (SSSR count). The highest BCUT2D eigenvalue weighted by atomic mass is 35.6. The van der Waals surface area contributed by atoms with Gasteiger partial charge in [0, 0.05) is 22.6 Å². The van der Waals surface area contributed by atoms with Gasteiger partial charge >= 0.3 is 0 Å². The summed E-state index contributed by atoms with van der Waals surface area (Å²) in [7, 11) is 0. The summed E-state index contributed by atoms with van der Waals surface area (Å²) in [5, 5.41) is 4.62. The van der Waals surface area contributed by atoms with Gasteiger partial charge < -0.3 is 10.3 Å². The van der Waals surface area contributed by atoms with Gasteiger partial charge in [0.15, 0.2) is 0 Å². The number of fused-ring (bicyclic) bond motifs is 3. The Morgan fingerprint density at radius 1 is 1.15 bits per heavy atom. The van der Waals surface area contributed by atoms with Crippen molar-refractivity contribution >= 4 is 45.7 Å². The third kappa shape index (κ3) is 2.33. The second-order valence-corrected chi connectivity index (χ2v) is 8.11. The number of hydrogen-bond donors (Lipinski definition) is 2. The molecule has 20 heavy (non-hydrogen) atoms. The Hall–Kier alpha value is -0.410. The first-order valence-electron chi connectivity index (χ1n) is 6.72. The maximum absolute atomic E-state index is 6.14. The SMILES string of the molecule is Cc1cc2[nH]c3c(c2cc1C)CC(C)NC3C(Cl)(Cl)Cl. The summed E-state index contributed by atoms with van der Waals surface area (Å²) in [6, 6.07) is 4.37. The summed E-state index contributed by atoms with van der Waals surface area (Å²) in [5.74, 6) is 0. The third-order valence-electron chi connectivity index (χ3n) is 4.13. The molecular formula is C15H17Cl3N2. The van der Waals surface area contributed by atoms with Crippen LogP contribution in [0.15, 0.2) is 12.1 Å². The largest absolute Gasteiger partial charge is 0.357 e. The third-order valence-corrected chi connectivity index (χ3v) is 4.79. The van der Waals surface area contributed by atoms with Crippen LogP contribution in [0.25, 0.3) is 10.9 Å². The molecule has 2 N–H and O–H groups in total. The van der Waals surface area contributed by atoms with Crippen LogP contribution >= 0.6 is 34.8 Å². The topological polar surface area (TPSA) is 27.8 Å². The van der Waals surface area contributed by atoms with Gasteiger partial charge in [-0.25, -0.2) is 0 Å². The van der Waals surface area contributed by atoms with E-state index in [1.165, 1.54) is 22.1 Å². The van der Waals surface area contributed by atoms with Crippen molar-refractivity contribution < 1.29 is 0 Å². The van der Waals surface area contributed by atoms with Crippen molar-refractivity contribution in [3.05, 3.63) is 34.5 Å². The summed E-state index contributed by atoms with van der Waals surface area (Å²) in [5.41, 5.74) is 5.94. The lowest BCUT2D eigenvalue weighted by Gasteiger charge is -2.33. The Kier molecular flexibility index (Phi) is 3.49. The van der Waals surface area contributed by atoms with Crippen LogP contribution in [0.2, 0.25) is 0 Å². The number of hydrogen-bond acceptors (Lipinski definition) is 1. The minimum atomic E-state index is -1.37. The molecule has 108 valence electrons. The first kappa shape index (κ1) is 14.5. The van der Waals surface area contributed by atoms with Crippen molar-refractivity contribution in [3.63, 3.8) is 0 Å². The normalized spacial score (nSPS) is 23.1. The number of aromatic nitrogens is 1. The number of rotatable bonds is 0. The Bertz CT molecular complexity index is 670. The van der Waals surface area contributed by atoms with Gasteiger partial charge in [0.2, 0.25) is 3.79 Å². The van der Waals surface area contributed by atoms with Crippen molar-refractivity contribution in [2.45, 2.75) is 43.1 Å². The van der Waals surface area contributed by atoms with Gasteiger partial charge in [0.25, 0.3) is 0 Å². The Morgan fingerprint density at radius 2 is 1.80 bits per heavy atom. The molecular weight excluding hydrogens is 315 g/mol. The van der Waals surface area contributed by atoms with Crippen LogP contribution in [0.3, 0.4) is 0 Å². The lowest BCUT2D eigenvalue weighted by atomic mass is 9.94. The number of nitrogens with one attached hydrogen (secondary N) is 2. The molecule has 2 atom stereocenters. The molecule has 0 saturated carbocycles. The van der Waals surface area contributed by atoms with Crippen LogP contribution in [-0.4, -0.2) is 14.8 Å². The van der Waals surface area contributed by atoms with Crippen molar-refractivity contribution in [1.29, 1.82) is 0 Å². The molecule has 0 fully saturated rings. The zero-order chi connectivity index (χ0) is 14.7. The summed E-state index contributed by atoms with van der Waals surface area (Å²) in [6.07, 6.45) is 0.940. The van der Waals surface area contributed by atoms with E-state index >= 15 is 0 Å². The van der Waals surface area contributed by atoms with Crippen molar-refractivity contribution in [2.24, 2.45) is 0 Å². The molecule has 0 amide bonds. The van der Waals surface area contributed by atoms with Crippen LogP contribution in [-0.2, 0) is 6.42 Å². The van der Waals surface area contributed by atoms with Gasteiger partial charge in [-0.15, -0.1) is 0 Å². The average molecular weight is 332 g/mol. The van der Waals surface area contributed by atoms with Crippen LogP contribution in [0.1, 0.15) is 35.3 Å². The second kappa shape index (κ2) is 4.81. The van der Waals surface area contributed by atoms with E-state index in [1.807, 2.05) is 0 Å². The van der Waals surface area contributed by atoms with Crippen LogP contribution in [0.5, 0.6) is 0 Å². The van der Waals surface area contributed by atoms with E-state index in [1.54, 1.807) is 0 Å². The molecule has 1 aliphatic rings. The maximum Gasteiger partial charge on any atom is 0.211 e. The minimum Gasteiger partial charge on any atom is -0.357 e. The molecule has 2 nitrogen and oxygen atoms in total. The van der Waals surface area contributed by atoms with E-state index in [2.05, 4.69) is 43.2 Å². The van der Waals surface area contributed by atoms with Gasteiger partial charge in [-0.05, 0) is 56.0 Å². The fourth-order valence-electron chi connectivity index (χ4n) is 2.99. The van der Waals surface area contributed by atoms with E-state index in [0.717, 1.165) is 17.6 Å². The molecule has 1 aromatic carbocycles. The summed E-state index contributed by atoms with van der Waals surface area (Å²) < 4.78 is -1.37. The molecule has 1 aromatic heterocycles. The zero-order valence-corrected chi connectivity index (χ0v) is 13.9. The molecule has 2 heterocycles. The first-order chi connectivity index (χ1) is 9.27. The highest BCUT2D eigenvalue weighted by Crippen LogP contribution is 2.44. The number of benzene rings is 1. The highest BCUT2D eigenvalue weighted by Gasteiger charge is 2.40. The fraction of sp³-hybridized carbons (Fsp3) is 0.467. The summed E-state index contributed by atoms with van der Waals surface area (Å²) in [4.78, 5) is 3.45. The smallest absolute Gasteiger partial charge is 0.211 e. The van der Waals surface area contributed by atoms with E-state index in [4.69, 9.17) is 34.8 Å². The predicted molar refractivity (Wildman–Crippen MR) is 87.1 cm³/mol. The molecule has 0 saturated heterocycles. The molecule has 0 bridgehead atoms. The lowest BCUT2D eigenvalue weighted by Crippen LogP contribution is -2.43. The number of aromatic amines is 1. The standard InChI is InChI=1S/C15H17Cl3N2/c1-7-4-10-11-6-9(3)19-14(15(16,17)18)13(11)20-12(10)5-8(7)2/h4-5,9,14,19-20H,6H2,1-3H3. The number of halogens is 3. The predicted octanol–water partition coefficient (Wildman–Crippen LogP) is 4.73. The van der Waals surface area contributed by atoms with Gasteiger partial charge in [0.05, 0.1) is 6.04 Å². The molecule has 5 heteroatoms. The Morgan fingerprint density at radius 3 is 2.45 bits per heavy atom. The summed E-state index contributed by atoms with van der Waals surface area (Å²) >= 11 is 18.4. The monoisotopic (exact) mass is 330 g/mol. The van der Waals surface area contributed by atoms with E-state index < -0.39 is 3.79 Å². The van der Waals surface area contributed by atoms with Crippen LogP contribution in [0, 0.1) is 13.8 Å². The van der Waals surface area contributed by atoms with E-state index in [9.17, 15) is 0 Å². The first-order valence-corrected chi connectivity index (χ1v) is 7.85. The van der Waals surface area contributed by atoms with Crippen LogP contribution in [0.4, 0.5) is 0 Å². The number of alkyl halides is 3. The van der Waals surface area contributed by atoms with E-state index in [-0.39, 0.29) is 12.1 Å². The molecule has 0 radical (unpaired) electrons. The number of H-pyrrole nitrogens is 1. The van der Waals surface area contributed by atoms with Crippen molar-refractivity contribution in [3.8, 4) is 0 Å². The maximum atomic E-state index is 6.14. The lowest BCUT2D eigenvalue weighted by molar-refractivity contribution is 0.422. The zero-order valence-electron chi connectivity index (χ0n) is 11.7. The summed E-state index contributed by atoms with van der Waals surface area (Å²) in [6.45, 7) is 6.36. The number of aryl methyl sites for hydroxylation is 2. The van der Waals surface area contributed by atoms with Crippen LogP contribution < -0.4 is 5.32 Å². The van der Waals surface area contributed by atoms with Crippen molar-refractivity contribution in [1.82, 2.24) is 10.3 Å². The van der Waals surface area contributed by atoms with Crippen molar-refractivity contribution in [2.75, 3.05) is 0 Å². The fourth-order valence-corrected chi connectivity index (χ4v) is 3.51. The molecule has 0 aliphatic carbocycles. The quantitative estimate of drug-likeness (QED) is 0.671. The Balaban J connectivity index is 2.25. The molecule has 2 unspecified atom stereocenters. The Labute approximate surface area is 133 Å². The molecule has 0 spiro atoms. The van der Waals surface area contributed by atoms with E-state index in [0.29, 0.717) is 0 Å². The average Bonchev–Trinajstić information content (AvgIpc) is 2.65. The van der Waals surface area contributed by atoms with Gasteiger partial charge in [-0.2, -0.15) is 0 Å². The molecule has 1 aliphatic heterocycles.